The van der Waals surface area contributed by atoms with Gasteiger partial charge in [-0.05, 0) is 31.9 Å². The van der Waals surface area contributed by atoms with Gasteiger partial charge in [0.2, 0.25) is 0 Å². The molecule has 5 rings (SSSR count). The minimum absolute atomic E-state index is 0.567. The van der Waals surface area contributed by atoms with Crippen LogP contribution in [0, 0.1) is 6.92 Å². The molecular weight excluding hydrogens is 314 g/mol. The zero-order valence-corrected chi connectivity index (χ0v) is 13.9. The molecule has 0 unspecified atom stereocenters. The van der Waals surface area contributed by atoms with E-state index in [1.807, 2.05) is 42.0 Å². The number of hydrogen-bond donors (Lipinski definition) is 0. The molecule has 0 atom stereocenters. The van der Waals surface area contributed by atoms with Gasteiger partial charge in [-0.3, -0.25) is 0 Å². The Morgan fingerprint density at radius 3 is 2.76 bits per heavy atom. The lowest BCUT2D eigenvalue weighted by Gasteiger charge is -2.08. The first-order valence-corrected chi connectivity index (χ1v) is 8.48. The third-order valence-corrected chi connectivity index (χ3v) is 4.56. The first-order chi connectivity index (χ1) is 12.3. The molecule has 0 bridgehead atoms. The van der Waals surface area contributed by atoms with Gasteiger partial charge >= 0.3 is 0 Å². The maximum absolute atomic E-state index is 5.45. The summed E-state index contributed by atoms with van der Waals surface area (Å²) >= 11 is 0. The van der Waals surface area contributed by atoms with Crippen LogP contribution in [0.15, 0.2) is 47.2 Å². The lowest BCUT2D eigenvalue weighted by molar-refractivity contribution is 0.377. The van der Waals surface area contributed by atoms with Crippen molar-refractivity contribution in [1.29, 1.82) is 0 Å². The summed E-state index contributed by atoms with van der Waals surface area (Å²) in [6.07, 6.45) is 6.14. The molecule has 0 saturated heterocycles. The van der Waals surface area contributed by atoms with Gasteiger partial charge in [0.05, 0.1) is 23.3 Å². The number of rotatable bonds is 4. The van der Waals surface area contributed by atoms with Crippen LogP contribution in [-0.2, 0) is 6.54 Å². The fourth-order valence-electron chi connectivity index (χ4n) is 3.09. The molecule has 1 aromatic carbocycles. The van der Waals surface area contributed by atoms with Crippen molar-refractivity contribution in [1.82, 2.24) is 24.7 Å². The van der Waals surface area contributed by atoms with E-state index < -0.39 is 0 Å². The number of hydrogen-bond acceptors (Lipinski definition) is 5. The Balaban J connectivity index is 1.52. The van der Waals surface area contributed by atoms with E-state index in [9.17, 15) is 0 Å². The maximum atomic E-state index is 5.45. The topological polar surface area (TPSA) is 69.6 Å². The second kappa shape index (κ2) is 5.51. The Labute approximate surface area is 144 Å². The second-order valence-electron chi connectivity index (χ2n) is 6.52. The van der Waals surface area contributed by atoms with Crippen molar-refractivity contribution >= 4 is 11.0 Å². The van der Waals surface area contributed by atoms with E-state index >= 15 is 0 Å². The number of benzene rings is 1. The smallest absolute Gasteiger partial charge is 0.160 e. The molecule has 1 saturated carbocycles. The molecule has 0 radical (unpaired) electrons. The van der Waals surface area contributed by atoms with Crippen LogP contribution in [-0.4, -0.2) is 24.7 Å². The molecule has 3 heterocycles. The Hall–Kier alpha value is -3.02. The number of aromatic nitrogens is 5. The van der Waals surface area contributed by atoms with Crippen molar-refractivity contribution in [2.75, 3.05) is 0 Å². The summed E-state index contributed by atoms with van der Waals surface area (Å²) in [6.45, 7) is 2.58. The van der Waals surface area contributed by atoms with Crippen molar-refractivity contribution in [3.63, 3.8) is 0 Å². The van der Waals surface area contributed by atoms with Gasteiger partial charge in [-0.1, -0.05) is 17.3 Å². The molecule has 1 fully saturated rings. The van der Waals surface area contributed by atoms with Crippen molar-refractivity contribution in [2.45, 2.75) is 32.2 Å². The van der Waals surface area contributed by atoms with E-state index in [0.29, 0.717) is 12.5 Å². The standard InChI is InChI=1S/C19H17N5O/c1-12-18(22-16-5-3-2-4-15(16)21-12)19-20-8-9-24(19)11-14-10-17(25-23-14)13-6-7-13/h2-5,8-10,13H,6-7,11H2,1H3. The highest BCUT2D eigenvalue weighted by Gasteiger charge is 2.28. The Morgan fingerprint density at radius 1 is 1.16 bits per heavy atom. The zero-order chi connectivity index (χ0) is 16.8. The van der Waals surface area contributed by atoms with Gasteiger partial charge in [-0.15, -0.1) is 0 Å². The molecule has 124 valence electrons. The monoisotopic (exact) mass is 331 g/mol. The fourth-order valence-corrected chi connectivity index (χ4v) is 3.09. The average Bonchev–Trinajstić information content (AvgIpc) is 3.20. The largest absolute Gasteiger partial charge is 0.361 e. The summed E-state index contributed by atoms with van der Waals surface area (Å²) < 4.78 is 7.49. The van der Waals surface area contributed by atoms with Crippen LogP contribution in [0.4, 0.5) is 0 Å². The van der Waals surface area contributed by atoms with E-state index in [1.165, 1.54) is 12.8 Å². The van der Waals surface area contributed by atoms with Gasteiger partial charge in [-0.25, -0.2) is 15.0 Å². The van der Waals surface area contributed by atoms with E-state index in [1.54, 1.807) is 6.20 Å². The summed E-state index contributed by atoms with van der Waals surface area (Å²) in [5, 5.41) is 4.20. The average molecular weight is 331 g/mol. The van der Waals surface area contributed by atoms with Crippen LogP contribution >= 0.6 is 0 Å². The minimum atomic E-state index is 0.567. The lowest BCUT2D eigenvalue weighted by atomic mass is 10.2. The molecule has 0 N–H and O–H groups in total. The Kier molecular flexibility index (Phi) is 3.16. The lowest BCUT2D eigenvalue weighted by Crippen LogP contribution is -2.04. The third-order valence-electron chi connectivity index (χ3n) is 4.56. The first kappa shape index (κ1) is 14.3. The number of aryl methyl sites for hydroxylation is 1. The van der Waals surface area contributed by atoms with Crippen molar-refractivity contribution < 1.29 is 4.52 Å². The first-order valence-electron chi connectivity index (χ1n) is 8.48. The molecule has 1 aliphatic carbocycles. The zero-order valence-electron chi connectivity index (χ0n) is 13.9. The summed E-state index contributed by atoms with van der Waals surface area (Å²) in [6, 6.07) is 9.94. The second-order valence-corrected chi connectivity index (χ2v) is 6.52. The van der Waals surface area contributed by atoms with Crippen LogP contribution in [0.3, 0.4) is 0 Å². The highest BCUT2D eigenvalue weighted by molar-refractivity contribution is 5.77. The summed E-state index contributed by atoms with van der Waals surface area (Å²) in [5.74, 6) is 2.36. The molecule has 0 spiro atoms. The molecule has 6 nitrogen and oxygen atoms in total. The molecule has 25 heavy (non-hydrogen) atoms. The molecular formula is C19H17N5O. The van der Waals surface area contributed by atoms with Crippen molar-refractivity contribution in [3.8, 4) is 11.5 Å². The molecule has 1 aliphatic rings. The van der Waals surface area contributed by atoms with Gasteiger partial charge in [0.1, 0.15) is 17.1 Å². The van der Waals surface area contributed by atoms with Crippen LogP contribution in [0.2, 0.25) is 0 Å². The summed E-state index contributed by atoms with van der Waals surface area (Å²) in [4.78, 5) is 13.9. The van der Waals surface area contributed by atoms with Gasteiger partial charge in [0.15, 0.2) is 5.82 Å². The number of para-hydroxylation sites is 2. The minimum Gasteiger partial charge on any atom is -0.361 e. The highest BCUT2D eigenvalue weighted by atomic mass is 16.5. The van der Waals surface area contributed by atoms with Crippen molar-refractivity contribution in [2.24, 2.45) is 0 Å². The summed E-state index contributed by atoms with van der Waals surface area (Å²) in [5.41, 5.74) is 4.34. The predicted octanol–water partition coefficient (Wildman–Crippen LogP) is 3.72. The normalized spacial score (nSPS) is 14.3. The van der Waals surface area contributed by atoms with E-state index in [-0.39, 0.29) is 0 Å². The summed E-state index contributed by atoms with van der Waals surface area (Å²) in [7, 11) is 0. The number of imidazole rings is 1. The number of nitrogens with zero attached hydrogens (tertiary/aromatic N) is 5. The van der Waals surface area contributed by atoms with Gasteiger partial charge < -0.3 is 9.09 Å². The van der Waals surface area contributed by atoms with Gasteiger partial charge in [0.25, 0.3) is 0 Å². The van der Waals surface area contributed by atoms with E-state index in [2.05, 4.69) is 21.2 Å². The fraction of sp³-hybridized carbons (Fsp3) is 0.263. The van der Waals surface area contributed by atoms with Crippen LogP contribution in [0.25, 0.3) is 22.6 Å². The highest BCUT2D eigenvalue weighted by Crippen LogP contribution is 2.40. The van der Waals surface area contributed by atoms with Gasteiger partial charge in [0, 0.05) is 24.4 Å². The van der Waals surface area contributed by atoms with E-state index in [4.69, 9.17) is 9.51 Å². The molecule has 3 aromatic heterocycles. The van der Waals surface area contributed by atoms with Crippen LogP contribution in [0.5, 0.6) is 0 Å². The molecule has 6 heteroatoms. The Bertz CT molecular complexity index is 1060. The molecule has 0 aliphatic heterocycles. The van der Waals surface area contributed by atoms with Gasteiger partial charge in [-0.2, -0.15) is 0 Å². The quantitative estimate of drug-likeness (QED) is 0.570. The Morgan fingerprint density at radius 2 is 1.96 bits per heavy atom. The van der Waals surface area contributed by atoms with Crippen LogP contribution < -0.4 is 0 Å². The molecule has 4 aromatic rings. The van der Waals surface area contributed by atoms with Crippen molar-refractivity contribution in [3.05, 3.63) is 59.9 Å². The molecule has 0 amide bonds. The maximum Gasteiger partial charge on any atom is 0.160 e. The number of fused-ring (bicyclic) bond motifs is 1. The SMILES string of the molecule is Cc1nc2ccccc2nc1-c1nccn1Cc1cc(C2CC2)on1. The predicted molar refractivity (Wildman–Crippen MR) is 93.1 cm³/mol. The van der Waals surface area contributed by atoms with Crippen LogP contribution in [0.1, 0.15) is 35.9 Å². The third kappa shape index (κ3) is 2.59. The van der Waals surface area contributed by atoms with E-state index in [0.717, 1.165) is 39.7 Å².